The molecule has 1 aromatic heterocycles. The summed E-state index contributed by atoms with van der Waals surface area (Å²) < 4.78 is 33.0. The fourth-order valence-electron chi connectivity index (χ4n) is 0.764. The third-order valence-corrected chi connectivity index (χ3v) is 1.30. The van der Waals surface area contributed by atoms with Crippen molar-refractivity contribution in [2.24, 2.45) is 0 Å². The van der Waals surface area contributed by atoms with Crippen molar-refractivity contribution in [3.8, 4) is 0 Å². The Hall–Kier alpha value is -1.46. The van der Waals surface area contributed by atoms with Gasteiger partial charge in [0.25, 0.3) is 6.43 Å². The quantitative estimate of drug-likeness (QED) is 0.683. The highest BCUT2D eigenvalue weighted by Gasteiger charge is 2.23. The van der Waals surface area contributed by atoms with Gasteiger partial charge in [-0.3, -0.25) is 0 Å². The average Bonchev–Trinajstić information content (AvgIpc) is 2.52. The van der Waals surface area contributed by atoms with E-state index in [0.717, 1.165) is 6.26 Å². The van der Waals surface area contributed by atoms with Crippen molar-refractivity contribution in [3.63, 3.8) is 0 Å². The molecule has 0 saturated heterocycles. The van der Waals surface area contributed by atoms with Gasteiger partial charge in [0, 0.05) is 0 Å². The van der Waals surface area contributed by atoms with Crippen LogP contribution in [0.2, 0.25) is 0 Å². The lowest BCUT2D eigenvalue weighted by Crippen LogP contribution is -2.06. The van der Waals surface area contributed by atoms with Crippen molar-refractivity contribution in [2.75, 3.05) is 6.61 Å². The molecule has 0 aliphatic carbocycles. The number of hydrogen-bond acceptors (Lipinski definition) is 4. The van der Waals surface area contributed by atoms with Crippen LogP contribution in [0.4, 0.5) is 8.78 Å². The number of esters is 1. The fourth-order valence-corrected chi connectivity index (χ4v) is 0.764. The Morgan fingerprint density at radius 2 is 2.46 bits per heavy atom. The fraction of sp³-hybridized carbons (Fsp3) is 0.429. The summed E-state index contributed by atoms with van der Waals surface area (Å²) in [5.74, 6) is -0.848. The van der Waals surface area contributed by atoms with E-state index in [-0.39, 0.29) is 12.2 Å². The van der Waals surface area contributed by atoms with E-state index in [9.17, 15) is 13.6 Å². The number of nitrogens with zero attached hydrogens (tertiary/aromatic N) is 1. The average molecular weight is 191 g/mol. The number of rotatable bonds is 3. The Labute approximate surface area is 72.5 Å². The van der Waals surface area contributed by atoms with E-state index in [1.54, 1.807) is 6.92 Å². The van der Waals surface area contributed by atoms with Crippen LogP contribution in [0.25, 0.3) is 0 Å². The minimum atomic E-state index is -2.84. The van der Waals surface area contributed by atoms with E-state index in [4.69, 9.17) is 0 Å². The van der Waals surface area contributed by atoms with Gasteiger partial charge in [-0.15, -0.1) is 0 Å². The summed E-state index contributed by atoms with van der Waals surface area (Å²) in [4.78, 5) is 11.0. The number of ether oxygens (including phenoxy) is 1. The summed E-state index contributed by atoms with van der Waals surface area (Å²) in [7, 11) is 0. The predicted molar refractivity (Wildman–Crippen MR) is 37.4 cm³/mol. The monoisotopic (exact) mass is 191 g/mol. The van der Waals surface area contributed by atoms with Gasteiger partial charge in [0.2, 0.25) is 0 Å². The van der Waals surface area contributed by atoms with Crippen molar-refractivity contribution in [1.29, 1.82) is 0 Å². The van der Waals surface area contributed by atoms with Crippen LogP contribution in [-0.4, -0.2) is 17.7 Å². The first-order chi connectivity index (χ1) is 6.16. The molecule has 0 aromatic carbocycles. The summed E-state index contributed by atoms with van der Waals surface area (Å²) in [5, 5.41) is 2.99. The Morgan fingerprint density at radius 3 is 3.00 bits per heavy atom. The van der Waals surface area contributed by atoms with Gasteiger partial charge in [0.05, 0.1) is 6.61 Å². The molecule has 1 aromatic rings. The van der Waals surface area contributed by atoms with Gasteiger partial charge < -0.3 is 9.26 Å². The summed E-state index contributed by atoms with van der Waals surface area (Å²) in [6.45, 7) is 1.69. The van der Waals surface area contributed by atoms with E-state index in [1.807, 2.05) is 0 Å². The van der Waals surface area contributed by atoms with Crippen LogP contribution >= 0.6 is 0 Å². The van der Waals surface area contributed by atoms with Gasteiger partial charge in [0.15, 0.2) is 5.69 Å². The molecule has 0 N–H and O–H groups in total. The molecule has 0 spiro atoms. The van der Waals surface area contributed by atoms with E-state index in [0.29, 0.717) is 0 Å². The summed E-state index contributed by atoms with van der Waals surface area (Å²) >= 11 is 0. The molecule has 0 atom stereocenters. The van der Waals surface area contributed by atoms with Crippen LogP contribution in [0.15, 0.2) is 10.8 Å². The van der Waals surface area contributed by atoms with Gasteiger partial charge in [-0.25, -0.2) is 13.6 Å². The molecular weight excluding hydrogens is 184 g/mol. The van der Waals surface area contributed by atoms with Crippen molar-refractivity contribution in [2.45, 2.75) is 13.3 Å². The minimum Gasteiger partial charge on any atom is -0.462 e. The maximum absolute atomic E-state index is 12.1. The molecule has 0 radical (unpaired) electrons. The summed E-state index contributed by atoms with van der Waals surface area (Å²) in [6.07, 6.45) is -1.99. The molecule has 13 heavy (non-hydrogen) atoms. The molecular formula is C7H7F2NO3. The highest BCUT2D eigenvalue weighted by Crippen LogP contribution is 2.21. The lowest BCUT2D eigenvalue weighted by atomic mass is 10.2. The molecule has 6 heteroatoms. The molecule has 1 heterocycles. The first-order valence-electron chi connectivity index (χ1n) is 3.56. The number of carbonyl (C=O) groups excluding carboxylic acids is 1. The molecule has 0 bridgehead atoms. The van der Waals surface area contributed by atoms with Gasteiger partial charge in [-0.05, 0) is 6.92 Å². The van der Waals surface area contributed by atoms with E-state index >= 15 is 0 Å². The SMILES string of the molecule is CCOC(=O)c1conc1C(F)F. The molecule has 0 aliphatic rings. The number of carbonyl (C=O) groups is 1. The highest BCUT2D eigenvalue weighted by molar-refractivity contribution is 5.90. The van der Waals surface area contributed by atoms with Crippen LogP contribution < -0.4 is 0 Å². The molecule has 0 aliphatic heterocycles. The number of halogens is 2. The molecule has 1 rings (SSSR count). The third kappa shape index (κ3) is 2.01. The van der Waals surface area contributed by atoms with Gasteiger partial charge >= 0.3 is 5.97 Å². The van der Waals surface area contributed by atoms with Crippen LogP contribution in [0.1, 0.15) is 29.4 Å². The lowest BCUT2D eigenvalue weighted by Gasteiger charge is -1.99. The zero-order chi connectivity index (χ0) is 9.84. The Balaban J connectivity index is 2.87. The Morgan fingerprint density at radius 1 is 1.77 bits per heavy atom. The van der Waals surface area contributed by atoms with Gasteiger partial charge in [-0.1, -0.05) is 5.16 Å². The van der Waals surface area contributed by atoms with Gasteiger partial charge in [0.1, 0.15) is 11.8 Å². The zero-order valence-electron chi connectivity index (χ0n) is 6.79. The molecule has 0 fully saturated rings. The van der Waals surface area contributed by atoms with Crippen molar-refractivity contribution in [3.05, 3.63) is 17.5 Å². The van der Waals surface area contributed by atoms with E-state index < -0.39 is 18.1 Å². The molecule has 4 nitrogen and oxygen atoms in total. The Kier molecular flexibility index (Phi) is 2.94. The van der Waals surface area contributed by atoms with Crippen molar-refractivity contribution >= 4 is 5.97 Å². The van der Waals surface area contributed by atoms with Crippen LogP contribution in [0.3, 0.4) is 0 Å². The molecule has 0 amide bonds. The first kappa shape index (κ1) is 9.63. The van der Waals surface area contributed by atoms with Crippen LogP contribution in [0, 0.1) is 0 Å². The van der Waals surface area contributed by atoms with E-state index in [1.165, 1.54) is 0 Å². The highest BCUT2D eigenvalue weighted by atomic mass is 19.3. The smallest absolute Gasteiger partial charge is 0.343 e. The van der Waals surface area contributed by atoms with E-state index in [2.05, 4.69) is 14.4 Å². The third-order valence-electron chi connectivity index (χ3n) is 1.30. The maximum atomic E-state index is 12.1. The second-order valence-electron chi connectivity index (χ2n) is 2.13. The van der Waals surface area contributed by atoms with Crippen molar-refractivity contribution < 1.29 is 22.8 Å². The molecule has 0 unspecified atom stereocenters. The molecule has 0 saturated carbocycles. The summed E-state index contributed by atoms with van der Waals surface area (Å²) in [6, 6.07) is 0. The maximum Gasteiger partial charge on any atom is 0.343 e. The second-order valence-corrected chi connectivity index (χ2v) is 2.13. The van der Waals surface area contributed by atoms with Crippen molar-refractivity contribution in [1.82, 2.24) is 5.16 Å². The number of aromatic nitrogens is 1. The normalized spacial score (nSPS) is 10.5. The predicted octanol–water partition coefficient (Wildman–Crippen LogP) is 1.79. The number of alkyl halides is 2. The standard InChI is InChI=1S/C7H7F2NO3/c1-2-12-7(11)4-3-13-10-5(4)6(8)9/h3,6H,2H2,1H3. The first-order valence-corrected chi connectivity index (χ1v) is 3.56. The second kappa shape index (κ2) is 3.97. The largest absolute Gasteiger partial charge is 0.462 e. The van der Waals surface area contributed by atoms with Gasteiger partial charge in [-0.2, -0.15) is 0 Å². The van der Waals surface area contributed by atoms with Crippen LogP contribution in [0.5, 0.6) is 0 Å². The van der Waals surface area contributed by atoms with Crippen LogP contribution in [-0.2, 0) is 4.74 Å². The number of hydrogen-bond donors (Lipinski definition) is 0. The Bertz CT molecular complexity index is 298. The molecule has 72 valence electrons. The lowest BCUT2D eigenvalue weighted by molar-refractivity contribution is 0.0515. The summed E-state index contributed by atoms with van der Waals surface area (Å²) in [5.41, 5.74) is -1.00. The zero-order valence-corrected chi connectivity index (χ0v) is 6.79. The topological polar surface area (TPSA) is 52.3 Å². The minimum absolute atomic E-state index is 0.118.